The fourth-order valence-electron chi connectivity index (χ4n) is 2.67. The Morgan fingerprint density at radius 2 is 2.15 bits per heavy atom. The van der Waals surface area contributed by atoms with Gasteiger partial charge in [-0.15, -0.1) is 0 Å². The van der Waals surface area contributed by atoms with Crippen LogP contribution in [0.4, 0.5) is 10.1 Å². The number of carbonyl (C=O) groups excluding carboxylic acids is 1. The molecule has 1 aliphatic rings. The summed E-state index contributed by atoms with van der Waals surface area (Å²) < 4.78 is 13.4. The van der Waals surface area contributed by atoms with Crippen molar-refractivity contribution in [2.75, 3.05) is 12.3 Å². The smallest absolute Gasteiger partial charge is 0.326 e. The second-order valence-electron chi connectivity index (χ2n) is 5.10. The number of carboxylic acid groups (broad SMARTS) is 1. The molecular formula is C14H17FN2O3. The van der Waals surface area contributed by atoms with Crippen LogP contribution in [0.1, 0.15) is 30.1 Å². The van der Waals surface area contributed by atoms with Gasteiger partial charge in [0.2, 0.25) is 0 Å². The number of rotatable bonds is 2. The maximum atomic E-state index is 13.4. The first-order chi connectivity index (χ1) is 9.43. The van der Waals surface area contributed by atoms with Crippen LogP contribution in [0.2, 0.25) is 0 Å². The second kappa shape index (κ2) is 5.48. The van der Waals surface area contributed by atoms with Crippen molar-refractivity contribution in [1.82, 2.24) is 4.90 Å². The summed E-state index contributed by atoms with van der Waals surface area (Å²) in [5, 5.41) is 9.30. The highest BCUT2D eigenvalue weighted by molar-refractivity contribution is 6.01. The van der Waals surface area contributed by atoms with E-state index in [0.717, 1.165) is 12.8 Å². The van der Waals surface area contributed by atoms with Gasteiger partial charge in [-0.05, 0) is 30.9 Å². The van der Waals surface area contributed by atoms with Crippen LogP contribution in [0.25, 0.3) is 0 Å². The molecule has 0 aliphatic carbocycles. The van der Waals surface area contributed by atoms with Gasteiger partial charge >= 0.3 is 5.97 Å². The van der Waals surface area contributed by atoms with Crippen LogP contribution in [0, 0.1) is 11.7 Å². The largest absolute Gasteiger partial charge is 0.480 e. The molecule has 0 bridgehead atoms. The fraction of sp³-hybridized carbons (Fsp3) is 0.429. The zero-order valence-corrected chi connectivity index (χ0v) is 11.2. The third-order valence-electron chi connectivity index (χ3n) is 3.73. The first kappa shape index (κ1) is 14.3. The summed E-state index contributed by atoms with van der Waals surface area (Å²) >= 11 is 0. The summed E-state index contributed by atoms with van der Waals surface area (Å²) in [4.78, 5) is 25.1. The highest BCUT2D eigenvalue weighted by Crippen LogP contribution is 2.27. The summed E-state index contributed by atoms with van der Waals surface area (Å²) in [5.74, 6) is -2.38. The van der Waals surface area contributed by atoms with Gasteiger partial charge in [0.25, 0.3) is 5.91 Å². The molecule has 2 atom stereocenters. The molecule has 20 heavy (non-hydrogen) atoms. The number of halogens is 1. The molecule has 1 fully saturated rings. The molecule has 108 valence electrons. The number of nitrogens with two attached hydrogens (primary N) is 1. The van der Waals surface area contributed by atoms with Gasteiger partial charge in [-0.1, -0.05) is 13.0 Å². The van der Waals surface area contributed by atoms with Gasteiger partial charge in [0, 0.05) is 6.54 Å². The van der Waals surface area contributed by atoms with Crippen LogP contribution < -0.4 is 5.73 Å². The molecule has 0 saturated carbocycles. The molecule has 1 aromatic rings. The monoisotopic (exact) mass is 280 g/mol. The average Bonchev–Trinajstić information content (AvgIpc) is 2.40. The third kappa shape index (κ3) is 2.45. The Morgan fingerprint density at radius 1 is 1.45 bits per heavy atom. The van der Waals surface area contributed by atoms with E-state index >= 15 is 0 Å². The van der Waals surface area contributed by atoms with E-state index in [-0.39, 0.29) is 17.2 Å². The highest BCUT2D eigenvalue weighted by atomic mass is 19.1. The Labute approximate surface area is 116 Å². The van der Waals surface area contributed by atoms with Crippen molar-refractivity contribution >= 4 is 17.6 Å². The number of para-hydroxylation sites is 1. The van der Waals surface area contributed by atoms with E-state index < -0.39 is 23.7 Å². The van der Waals surface area contributed by atoms with Crippen LogP contribution >= 0.6 is 0 Å². The van der Waals surface area contributed by atoms with E-state index in [1.807, 2.05) is 0 Å². The molecule has 5 nitrogen and oxygen atoms in total. The van der Waals surface area contributed by atoms with Crippen molar-refractivity contribution in [3.05, 3.63) is 29.6 Å². The molecule has 3 N–H and O–H groups in total. The molecule has 1 saturated heterocycles. The number of anilines is 1. The van der Waals surface area contributed by atoms with Crippen LogP contribution in [-0.2, 0) is 4.79 Å². The topological polar surface area (TPSA) is 83.6 Å². The maximum absolute atomic E-state index is 13.4. The van der Waals surface area contributed by atoms with Crippen LogP contribution in [0.5, 0.6) is 0 Å². The Morgan fingerprint density at radius 3 is 2.80 bits per heavy atom. The molecule has 1 heterocycles. The molecule has 1 aliphatic heterocycles. The molecule has 1 aromatic carbocycles. The fourth-order valence-corrected chi connectivity index (χ4v) is 2.67. The van der Waals surface area contributed by atoms with Gasteiger partial charge < -0.3 is 15.7 Å². The number of amides is 1. The predicted molar refractivity (Wildman–Crippen MR) is 71.7 cm³/mol. The Kier molecular flexibility index (Phi) is 3.92. The van der Waals surface area contributed by atoms with Crippen molar-refractivity contribution in [3.8, 4) is 0 Å². The molecule has 1 amide bonds. The number of hydrogen-bond donors (Lipinski definition) is 2. The Balaban J connectivity index is 2.35. The number of piperidine rings is 1. The van der Waals surface area contributed by atoms with Crippen molar-refractivity contribution in [2.24, 2.45) is 5.92 Å². The van der Waals surface area contributed by atoms with Gasteiger partial charge in [-0.3, -0.25) is 4.79 Å². The zero-order chi connectivity index (χ0) is 14.9. The summed E-state index contributed by atoms with van der Waals surface area (Å²) in [5.41, 5.74) is 5.36. The van der Waals surface area contributed by atoms with Crippen LogP contribution in [-0.4, -0.2) is 34.5 Å². The summed E-state index contributed by atoms with van der Waals surface area (Å²) in [6.07, 6.45) is 1.48. The second-order valence-corrected chi connectivity index (χ2v) is 5.10. The average molecular weight is 280 g/mol. The first-order valence-corrected chi connectivity index (χ1v) is 6.51. The van der Waals surface area contributed by atoms with Gasteiger partial charge in [-0.2, -0.15) is 0 Å². The highest BCUT2D eigenvalue weighted by Gasteiger charge is 2.37. The van der Waals surface area contributed by atoms with E-state index in [9.17, 15) is 19.1 Å². The van der Waals surface area contributed by atoms with E-state index in [0.29, 0.717) is 6.54 Å². The SMILES string of the molecule is CC1CCCN(C(=O)c2cccc(F)c2N)C1C(=O)O. The van der Waals surface area contributed by atoms with Gasteiger partial charge in [0.15, 0.2) is 0 Å². The van der Waals surface area contributed by atoms with Crippen LogP contribution in [0.15, 0.2) is 18.2 Å². The third-order valence-corrected chi connectivity index (χ3v) is 3.73. The number of carboxylic acids is 1. The van der Waals surface area contributed by atoms with Crippen LogP contribution in [0.3, 0.4) is 0 Å². The number of aliphatic carboxylic acids is 1. The van der Waals surface area contributed by atoms with Crippen molar-refractivity contribution in [1.29, 1.82) is 0 Å². The lowest BCUT2D eigenvalue weighted by Gasteiger charge is -2.37. The number of nitrogens with zero attached hydrogens (tertiary/aromatic N) is 1. The van der Waals surface area contributed by atoms with Gasteiger partial charge in [0.1, 0.15) is 11.9 Å². The van der Waals surface area contributed by atoms with Gasteiger partial charge in [0.05, 0.1) is 11.3 Å². The minimum Gasteiger partial charge on any atom is -0.480 e. The molecule has 0 spiro atoms. The van der Waals surface area contributed by atoms with Gasteiger partial charge in [-0.25, -0.2) is 9.18 Å². The minimum absolute atomic E-state index is 0.0188. The Hall–Kier alpha value is -2.11. The quantitative estimate of drug-likeness (QED) is 0.808. The number of nitrogen functional groups attached to an aromatic ring is 1. The van der Waals surface area contributed by atoms with E-state index in [2.05, 4.69) is 0 Å². The van der Waals surface area contributed by atoms with E-state index in [4.69, 9.17) is 5.73 Å². The normalized spacial score (nSPS) is 22.6. The zero-order valence-electron chi connectivity index (χ0n) is 11.2. The summed E-state index contributed by atoms with van der Waals surface area (Å²) in [7, 11) is 0. The van der Waals surface area contributed by atoms with Crippen molar-refractivity contribution in [3.63, 3.8) is 0 Å². The lowest BCUT2D eigenvalue weighted by molar-refractivity contribution is -0.145. The summed E-state index contributed by atoms with van der Waals surface area (Å²) in [6, 6.07) is 3.08. The first-order valence-electron chi connectivity index (χ1n) is 6.51. The van der Waals surface area contributed by atoms with E-state index in [1.165, 1.54) is 23.1 Å². The molecular weight excluding hydrogens is 263 g/mol. The predicted octanol–water partition coefficient (Wildman–Crippen LogP) is 1.73. The minimum atomic E-state index is -1.04. The number of hydrogen-bond acceptors (Lipinski definition) is 3. The Bertz CT molecular complexity index is 547. The van der Waals surface area contributed by atoms with Crippen molar-refractivity contribution in [2.45, 2.75) is 25.8 Å². The molecule has 6 heteroatoms. The molecule has 2 unspecified atom stereocenters. The van der Waals surface area contributed by atoms with Crippen molar-refractivity contribution < 1.29 is 19.1 Å². The van der Waals surface area contributed by atoms with E-state index in [1.54, 1.807) is 6.92 Å². The standard InChI is InChI=1S/C14H17FN2O3/c1-8-4-3-7-17(12(8)14(19)20)13(18)9-5-2-6-10(15)11(9)16/h2,5-6,8,12H,3-4,7,16H2,1H3,(H,19,20). The lowest BCUT2D eigenvalue weighted by Crippen LogP contribution is -2.52. The molecule has 2 rings (SSSR count). The lowest BCUT2D eigenvalue weighted by atomic mass is 9.90. The number of benzene rings is 1. The molecule has 0 aromatic heterocycles. The number of carbonyl (C=O) groups is 2. The number of likely N-dealkylation sites (tertiary alicyclic amines) is 1. The summed E-state index contributed by atoms with van der Waals surface area (Å²) in [6.45, 7) is 2.14. The maximum Gasteiger partial charge on any atom is 0.326 e. The molecule has 0 radical (unpaired) electrons.